The molecular formula is C12H25NO5. The molecule has 0 bridgehead atoms. The highest BCUT2D eigenvalue weighted by molar-refractivity contribution is 5.73. The molecule has 6 heteroatoms. The van der Waals surface area contributed by atoms with Gasteiger partial charge in [-0.3, -0.25) is 4.79 Å². The number of ether oxygens (including phenoxy) is 1. The van der Waals surface area contributed by atoms with Gasteiger partial charge in [-0.2, -0.15) is 0 Å². The lowest BCUT2D eigenvalue weighted by molar-refractivity contribution is -0.137. The molecule has 0 aromatic carbocycles. The Morgan fingerprint density at radius 3 is 2.22 bits per heavy atom. The minimum atomic E-state index is -1.29. The Kier molecular flexibility index (Phi) is 8.10. The van der Waals surface area contributed by atoms with Crippen molar-refractivity contribution in [1.29, 1.82) is 0 Å². The average molecular weight is 263 g/mol. The Hall–Kier alpha value is -0.690. The standard InChI is InChI=1S/C12H25NO5/c1-5-9(13-8(4)15)12(18-7(2)3)11(17)10(16)6-14/h7,9-12,14,16-17H,5-6H2,1-4H3,(H,13,15)/t9-,10?,11+,12?/m1/s1. The van der Waals surface area contributed by atoms with Crippen LogP contribution in [0.15, 0.2) is 0 Å². The molecule has 108 valence electrons. The van der Waals surface area contributed by atoms with Gasteiger partial charge in [0.1, 0.15) is 18.3 Å². The van der Waals surface area contributed by atoms with E-state index in [4.69, 9.17) is 9.84 Å². The topological polar surface area (TPSA) is 99.0 Å². The highest BCUT2D eigenvalue weighted by Gasteiger charge is 2.33. The smallest absolute Gasteiger partial charge is 0.217 e. The Morgan fingerprint density at radius 2 is 1.89 bits per heavy atom. The van der Waals surface area contributed by atoms with Gasteiger partial charge in [0.2, 0.25) is 5.91 Å². The van der Waals surface area contributed by atoms with Gasteiger partial charge in [-0.05, 0) is 20.3 Å². The van der Waals surface area contributed by atoms with E-state index in [1.165, 1.54) is 6.92 Å². The van der Waals surface area contributed by atoms with E-state index in [0.29, 0.717) is 6.42 Å². The fourth-order valence-electron chi connectivity index (χ4n) is 1.73. The molecule has 0 aliphatic carbocycles. The Balaban J connectivity index is 4.87. The third kappa shape index (κ3) is 5.77. The van der Waals surface area contributed by atoms with Crippen LogP contribution in [0.3, 0.4) is 0 Å². The first-order valence-corrected chi connectivity index (χ1v) is 6.23. The molecule has 0 spiro atoms. The lowest BCUT2D eigenvalue weighted by atomic mass is 9.98. The molecule has 0 heterocycles. The van der Waals surface area contributed by atoms with Crippen molar-refractivity contribution in [2.24, 2.45) is 0 Å². The Labute approximate surface area is 108 Å². The van der Waals surface area contributed by atoms with Crippen molar-refractivity contribution in [3.05, 3.63) is 0 Å². The molecule has 0 fully saturated rings. The van der Waals surface area contributed by atoms with Gasteiger partial charge in [0, 0.05) is 6.92 Å². The quantitative estimate of drug-likeness (QED) is 0.469. The summed E-state index contributed by atoms with van der Waals surface area (Å²) in [6, 6.07) is -0.416. The summed E-state index contributed by atoms with van der Waals surface area (Å²) in [4.78, 5) is 11.1. The zero-order valence-corrected chi connectivity index (χ0v) is 11.5. The van der Waals surface area contributed by atoms with Crippen molar-refractivity contribution in [1.82, 2.24) is 5.32 Å². The lowest BCUT2D eigenvalue weighted by Gasteiger charge is -2.33. The minimum absolute atomic E-state index is 0.168. The molecule has 1 amide bonds. The van der Waals surface area contributed by atoms with Gasteiger partial charge in [-0.15, -0.1) is 0 Å². The van der Waals surface area contributed by atoms with Crippen LogP contribution in [-0.4, -0.2) is 58.3 Å². The molecular weight excluding hydrogens is 238 g/mol. The minimum Gasteiger partial charge on any atom is -0.394 e. The fourth-order valence-corrected chi connectivity index (χ4v) is 1.73. The molecule has 2 unspecified atom stereocenters. The van der Waals surface area contributed by atoms with Gasteiger partial charge in [0.25, 0.3) is 0 Å². The van der Waals surface area contributed by atoms with Crippen LogP contribution in [0.1, 0.15) is 34.1 Å². The third-order valence-electron chi connectivity index (χ3n) is 2.57. The van der Waals surface area contributed by atoms with Gasteiger partial charge in [-0.25, -0.2) is 0 Å². The van der Waals surface area contributed by atoms with E-state index < -0.39 is 31.0 Å². The summed E-state index contributed by atoms with van der Waals surface area (Å²) in [5.41, 5.74) is 0. The van der Waals surface area contributed by atoms with Gasteiger partial charge >= 0.3 is 0 Å². The van der Waals surface area contributed by atoms with Gasteiger partial charge in [-0.1, -0.05) is 6.92 Å². The second kappa shape index (κ2) is 8.42. The summed E-state index contributed by atoms with van der Waals surface area (Å²) >= 11 is 0. The summed E-state index contributed by atoms with van der Waals surface area (Å²) in [6.45, 7) is 6.26. The highest BCUT2D eigenvalue weighted by atomic mass is 16.5. The average Bonchev–Trinajstić information content (AvgIpc) is 2.30. The van der Waals surface area contributed by atoms with Crippen LogP contribution in [0.4, 0.5) is 0 Å². The lowest BCUT2D eigenvalue weighted by Crippen LogP contribution is -2.54. The van der Waals surface area contributed by atoms with Gasteiger partial charge < -0.3 is 25.4 Å². The summed E-state index contributed by atoms with van der Waals surface area (Å²) in [7, 11) is 0. The number of hydrogen-bond donors (Lipinski definition) is 4. The Morgan fingerprint density at radius 1 is 1.33 bits per heavy atom. The normalized spacial score (nSPS) is 18.2. The molecule has 18 heavy (non-hydrogen) atoms. The number of aliphatic hydroxyl groups excluding tert-OH is 3. The van der Waals surface area contributed by atoms with E-state index in [-0.39, 0.29) is 12.0 Å². The van der Waals surface area contributed by atoms with Crippen molar-refractivity contribution in [2.75, 3.05) is 6.61 Å². The first-order valence-electron chi connectivity index (χ1n) is 6.23. The predicted octanol–water partition coefficient (Wildman–Crippen LogP) is -0.591. The molecule has 6 nitrogen and oxygen atoms in total. The van der Waals surface area contributed by atoms with Gasteiger partial charge in [0.15, 0.2) is 0 Å². The largest absolute Gasteiger partial charge is 0.394 e. The molecule has 0 rings (SSSR count). The molecule has 0 aromatic heterocycles. The van der Waals surface area contributed by atoms with Crippen LogP contribution in [0, 0.1) is 0 Å². The van der Waals surface area contributed by atoms with E-state index >= 15 is 0 Å². The van der Waals surface area contributed by atoms with E-state index in [2.05, 4.69) is 5.32 Å². The number of amides is 1. The van der Waals surface area contributed by atoms with E-state index in [1.807, 2.05) is 6.92 Å². The first kappa shape index (κ1) is 17.3. The number of nitrogens with one attached hydrogen (secondary N) is 1. The van der Waals surface area contributed by atoms with Crippen molar-refractivity contribution in [3.63, 3.8) is 0 Å². The summed E-state index contributed by atoms with van der Waals surface area (Å²) in [5.74, 6) is -0.232. The molecule has 0 radical (unpaired) electrons. The first-order chi connectivity index (χ1) is 8.33. The number of aliphatic hydroxyl groups is 3. The van der Waals surface area contributed by atoms with Crippen molar-refractivity contribution < 1.29 is 24.9 Å². The molecule has 0 aromatic rings. The molecule has 4 N–H and O–H groups in total. The summed E-state index contributed by atoms with van der Waals surface area (Å²) in [5, 5.41) is 31.0. The van der Waals surface area contributed by atoms with E-state index in [9.17, 15) is 15.0 Å². The third-order valence-corrected chi connectivity index (χ3v) is 2.57. The maximum atomic E-state index is 11.1. The SMILES string of the molecule is CC[C@@H](NC(C)=O)C(OC(C)C)[C@@H](O)C(O)CO. The second-order valence-electron chi connectivity index (χ2n) is 4.61. The Bertz CT molecular complexity index is 247. The van der Waals surface area contributed by atoms with Crippen LogP contribution < -0.4 is 5.32 Å². The summed E-state index contributed by atoms with van der Waals surface area (Å²) in [6.07, 6.45) is -2.93. The van der Waals surface area contributed by atoms with Gasteiger partial charge in [0.05, 0.1) is 18.8 Å². The molecule has 0 aliphatic heterocycles. The van der Waals surface area contributed by atoms with Crippen LogP contribution in [0.5, 0.6) is 0 Å². The highest BCUT2D eigenvalue weighted by Crippen LogP contribution is 2.14. The van der Waals surface area contributed by atoms with Crippen LogP contribution in [-0.2, 0) is 9.53 Å². The van der Waals surface area contributed by atoms with Crippen molar-refractivity contribution in [3.8, 4) is 0 Å². The van der Waals surface area contributed by atoms with E-state index in [1.54, 1.807) is 13.8 Å². The molecule has 0 saturated heterocycles. The number of rotatable bonds is 8. The molecule has 4 atom stereocenters. The zero-order valence-electron chi connectivity index (χ0n) is 11.5. The van der Waals surface area contributed by atoms with Crippen molar-refractivity contribution in [2.45, 2.75) is 64.6 Å². The molecule has 0 aliphatic rings. The maximum Gasteiger partial charge on any atom is 0.217 e. The maximum absolute atomic E-state index is 11.1. The summed E-state index contributed by atoms with van der Waals surface area (Å²) < 4.78 is 5.55. The predicted molar refractivity (Wildman–Crippen MR) is 67.0 cm³/mol. The number of carbonyl (C=O) groups is 1. The monoisotopic (exact) mass is 263 g/mol. The second-order valence-corrected chi connectivity index (χ2v) is 4.61. The number of hydrogen-bond acceptors (Lipinski definition) is 5. The molecule has 0 saturated carbocycles. The van der Waals surface area contributed by atoms with Crippen LogP contribution in [0.2, 0.25) is 0 Å². The van der Waals surface area contributed by atoms with Crippen molar-refractivity contribution >= 4 is 5.91 Å². The zero-order chi connectivity index (χ0) is 14.3. The van der Waals surface area contributed by atoms with Crippen LogP contribution in [0.25, 0.3) is 0 Å². The number of carbonyl (C=O) groups excluding carboxylic acids is 1. The fraction of sp³-hybridized carbons (Fsp3) is 0.917. The van der Waals surface area contributed by atoms with Crippen LogP contribution >= 0.6 is 0 Å². The van der Waals surface area contributed by atoms with E-state index in [0.717, 1.165) is 0 Å².